The Kier molecular flexibility index (Phi) is 3.97. The molecule has 1 atom stereocenters. The number of aliphatic carboxylic acids is 1. The van der Waals surface area contributed by atoms with Gasteiger partial charge in [-0.2, -0.15) is 0 Å². The fourth-order valence-electron chi connectivity index (χ4n) is 2.51. The SMILES string of the molecule is NC(Cc1c(-c2ccc([N+](=O)[O-])cc2)nc2ccccn12)C(=O)O. The highest BCUT2D eigenvalue weighted by atomic mass is 16.6. The maximum Gasteiger partial charge on any atom is 0.320 e. The summed E-state index contributed by atoms with van der Waals surface area (Å²) in [5, 5.41) is 19.9. The van der Waals surface area contributed by atoms with Crippen molar-refractivity contribution < 1.29 is 14.8 Å². The zero-order chi connectivity index (χ0) is 17.3. The second-order valence-electron chi connectivity index (χ2n) is 5.29. The fraction of sp³-hybridized carbons (Fsp3) is 0.125. The summed E-state index contributed by atoms with van der Waals surface area (Å²) in [5.41, 5.74) is 8.18. The molecule has 3 N–H and O–H groups in total. The minimum Gasteiger partial charge on any atom is -0.480 e. The molecule has 0 saturated carbocycles. The van der Waals surface area contributed by atoms with E-state index in [0.29, 0.717) is 22.6 Å². The van der Waals surface area contributed by atoms with Crippen molar-refractivity contribution in [2.24, 2.45) is 5.73 Å². The Morgan fingerprint density at radius 3 is 2.62 bits per heavy atom. The van der Waals surface area contributed by atoms with Crippen LogP contribution in [0.25, 0.3) is 16.9 Å². The first kappa shape index (κ1) is 15.6. The van der Waals surface area contributed by atoms with Gasteiger partial charge in [-0.1, -0.05) is 6.07 Å². The summed E-state index contributed by atoms with van der Waals surface area (Å²) in [4.78, 5) is 25.9. The van der Waals surface area contributed by atoms with Crippen molar-refractivity contribution in [2.45, 2.75) is 12.5 Å². The molecule has 122 valence electrons. The summed E-state index contributed by atoms with van der Waals surface area (Å²) < 4.78 is 1.78. The average molecular weight is 326 g/mol. The molecule has 0 aliphatic rings. The highest BCUT2D eigenvalue weighted by Crippen LogP contribution is 2.27. The summed E-state index contributed by atoms with van der Waals surface area (Å²) in [7, 11) is 0. The Morgan fingerprint density at radius 2 is 2.00 bits per heavy atom. The molecular formula is C16H14N4O4. The van der Waals surface area contributed by atoms with Crippen molar-refractivity contribution in [3.8, 4) is 11.3 Å². The maximum absolute atomic E-state index is 11.1. The van der Waals surface area contributed by atoms with Crippen LogP contribution in [-0.4, -0.2) is 31.4 Å². The van der Waals surface area contributed by atoms with Gasteiger partial charge in [0.05, 0.1) is 16.3 Å². The number of imidazole rings is 1. The van der Waals surface area contributed by atoms with E-state index in [4.69, 9.17) is 10.8 Å². The number of pyridine rings is 1. The number of hydrogen-bond donors (Lipinski definition) is 2. The number of nitrogens with two attached hydrogens (primary N) is 1. The predicted octanol–water partition coefficient (Wildman–Crippen LogP) is 1.86. The van der Waals surface area contributed by atoms with Crippen LogP contribution in [0.5, 0.6) is 0 Å². The van der Waals surface area contributed by atoms with E-state index >= 15 is 0 Å². The van der Waals surface area contributed by atoms with Gasteiger partial charge in [-0.05, 0) is 24.3 Å². The zero-order valence-corrected chi connectivity index (χ0v) is 12.5. The summed E-state index contributed by atoms with van der Waals surface area (Å²) in [6.07, 6.45) is 1.87. The fourth-order valence-corrected chi connectivity index (χ4v) is 2.51. The van der Waals surface area contributed by atoms with Gasteiger partial charge in [0, 0.05) is 30.3 Å². The molecule has 8 nitrogen and oxygen atoms in total. The van der Waals surface area contributed by atoms with Gasteiger partial charge in [-0.25, -0.2) is 4.98 Å². The van der Waals surface area contributed by atoms with Crippen molar-refractivity contribution in [3.63, 3.8) is 0 Å². The third-order valence-corrected chi connectivity index (χ3v) is 3.71. The smallest absolute Gasteiger partial charge is 0.320 e. The lowest BCUT2D eigenvalue weighted by molar-refractivity contribution is -0.384. The van der Waals surface area contributed by atoms with Gasteiger partial charge in [0.25, 0.3) is 5.69 Å². The van der Waals surface area contributed by atoms with E-state index in [1.165, 1.54) is 12.1 Å². The molecule has 3 aromatic rings. The van der Waals surface area contributed by atoms with Gasteiger partial charge in [0.1, 0.15) is 11.7 Å². The lowest BCUT2D eigenvalue weighted by atomic mass is 10.1. The van der Waals surface area contributed by atoms with Crippen LogP contribution >= 0.6 is 0 Å². The molecule has 0 spiro atoms. The van der Waals surface area contributed by atoms with E-state index in [9.17, 15) is 14.9 Å². The largest absolute Gasteiger partial charge is 0.480 e. The molecule has 0 amide bonds. The molecule has 3 rings (SSSR count). The van der Waals surface area contributed by atoms with Crippen LogP contribution in [0, 0.1) is 10.1 Å². The number of carbonyl (C=O) groups is 1. The molecular weight excluding hydrogens is 312 g/mol. The molecule has 0 fully saturated rings. The Hall–Kier alpha value is -3.26. The molecule has 0 aliphatic carbocycles. The first-order chi connectivity index (χ1) is 11.5. The minimum atomic E-state index is -1.10. The van der Waals surface area contributed by atoms with Crippen LogP contribution in [0.3, 0.4) is 0 Å². The summed E-state index contributed by atoms with van der Waals surface area (Å²) in [6.45, 7) is 0. The zero-order valence-electron chi connectivity index (χ0n) is 12.5. The van der Waals surface area contributed by atoms with Crippen molar-refractivity contribution in [1.82, 2.24) is 9.38 Å². The van der Waals surface area contributed by atoms with Gasteiger partial charge in [-0.15, -0.1) is 0 Å². The third-order valence-electron chi connectivity index (χ3n) is 3.71. The third kappa shape index (κ3) is 2.82. The van der Waals surface area contributed by atoms with Crippen molar-refractivity contribution in [2.75, 3.05) is 0 Å². The number of nitrogens with zero attached hydrogens (tertiary/aromatic N) is 3. The number of benzene rings is 1. The number of nitro benzene ring substituents is 1. The van der Waals surface area contributed by atoms with Gasteiger partial charge in [0.2, 0.25) is 0 Å². The van der Waals surface area contributed by atoms with Crippen LogP contribution in [0.2, 0.25) is 0 Å². The quantitative estimate of drug-likeness (QED) is 0.545. The average Bonchev–Trinajstić information content (AvgIpc) is 2.93. The molecule has 0 radical (unpaired) electrons. The van der Waals surface area contributed by atoms with Crippen LogP contribution in [0.1, 0.15) is 5.69 Å². The molecule has 2 heterocycles. The number of rotatable bonds is 5. The normalized spacial score (nSPS) is 12.2. The lowest BCUT2D eigenvalue weighted by Gasteiger charge is -2.09. The van der Waals surface area contributed by atoms with Crippen molar-refractivity contribution in [1.29, 1.82) is 0 Å². The number of nitro groups is 1. The Balaban J connectivity index is 2.12. The minimum absolute atomic E-state index is 0.0219. The highest BCUT2D eigenvalue weighted by molar-refractivity contribution is 5.75. The first-order valence-corrected chi connectivity index (χ1v) is 7.16. The van der Waals surface area contributed by atoms with Gasteiger partial charge in [-0.3, -0.25) is 14.9 Å². The number of hydrogen-bond acceptors (Lipinski definition) is 5. The van der Waals surface area contributed by atoms with Crippen LogP contribution in [-0.2, 0) is 11.2 Å². The summed E-state index contributed by atoms with van der Waals surface area (Å²) in [6, 6.07) is 10.3. The standard InChI is InChI=1S/C16H14N4O4/c17-12(16(21)22)9-13-15(18-14-3-1-2-8-19(13)14)10-4-6-11(7-5-10)20(23)24/h1-8,12H,9,17H2,(H,21,22). The second-order valence-corrected chi connectivity index (χ2v) is 5.29. The topological polar surface area (TPSA) is 124 Å². The van der Waals surface area contributed by atoms with Crippen LogP contribution < -0.4 is 5.73 Å². The lowest BCUT2D eigenvalue weighted by Crippen LogP contribution is -2.32. The molecule has 2 aromatic heterocycles. The summed E-state index contributed by atoms with van der Waals surface area (Å²) in [5.74, 6) is -1.10. The van der Waals surface area contributed by atoms with E-state index in [2.05, 4.69) is 4.98 Å². The molecule has 0 bridgehead atoms. The molecule has 1 aromatic carbocycles. The molecule has 1 unspecified atom stereocenters. The van der Waals surface area contributed by atoms with E-state index in [1.807, 2.05) is 12.1 Å². The molecule has 24 heavy (non-hydrogen) atoms. The highest BCUT2D eigenvalue weighted by Gasteiger charge is 2.20. The van der Waals surface area contributed by atoms with Gasteiger partial charge >= 0.3 is 5.97 Å². The van der Waals surface area contributed by atoms with E-state index in [-0.39, 0.29) is 12.1 Å². The van der Waals surface area contributed by atoms with E-state index in [1.54, 1.807) is 28.8 Å². The van der Waals surface area contributed by atoms with Crippen LogP contribution in [0.4, 0.5) is 5.69 Å². The van der Waals surface area contributed by atoms with Crippen molar-refractivity contribution >= 4 is 17.3 Å². The Bertz CT molecular complexity index is 917. The Morgan fingerprint density at radius 1 is 1.29 bits per heavy atom. The van der Waals surface area contributed by atoms with Gasteiger partial charge < -0.3 is 15.2 Å². The number of carboxylic acids is 1. The number of non-ortho nitro benzene ring substituents is 1. The summed E-state index contributed by atoms with van der Waals surface area (Å²) >= 11 is 0. The van der Waals surface area contributed by atoms with E-state index in [0.717, 1.165) is 0 Å². The van der Waals surface area contributed by atoms with Crippen molar-refractivity contribution in [3.05, 3.63) is 64.5 Å². The Labute approximate surface area is 136 Å². The van der Waals surface area contributed by atoms with Gasteiger partial charge in [0.15, 0.2) is 0 Å². The number of carboxylic acid groups (broad SMARTS) is 1. The second kappa shape index (κ2) is 6.09. The number of fused-ring (bicyclic) bond motifs is 1. The van der Waals surface area contributed by atoms with E-state index < -0.39 is 16.9 Å². The molecule has 0 aliphatic heterocycles. The van der Waals surface area contributed by atoms with Crippen LogP contribution in [0.15, 0.2) is 48.7 Å². The maximum atomic E-state index is 11.1. The monoisotopic (exact) mass is 326 g/mol. The predicted molar refractivity (Wildman–Crippen MR) is 86.6 cm³/mol. The molecule has 0 saturated heterocycles. The molecule has 8 heteroatoms. The number of aromatic nitrogens is 2. The first-order valence-electron chi connectivity index (χ1n) is 7.16.